The molecule has 0 N–H and O–H groups in total. The highest BCUT2D eigenvalue weighted by Crippen LogP contribution is 2.32. The Morgan fingerprint density at radius 2 is 1.91 bits per heavy atom. The lowest BCUT2D eigenvalue weighted by molar-refractivity contribution is -0.136. The van der Waals surface area contributed by atoms with Crippen LogP contribution < -0.4 is 4.31 Å². The van der Waals surface area contributed by atoms with Crippen molar-refractivity contribution < 1.29 is 17.9 Å². The van der Waals surface area contributed by atoms with Crippen LogP contribution in [-0.2, 0) is 19.6 Å². The standard InChI is InChI=1S/C14H18Cl2N2O4S/c1-10(14(19)17-5-7-22-8-6-17)18(23(2,20)21)13-9-11(15)3-4-12(13)16/h3-4,9-10H,5-8H2,1-2H3/t10-/m1/s1. The number of morpholine rings is 1. The van der Waals surface area contributed by atoms with Crippen LogP contribution in [0, 0.1) is 0 Å². The number of nitrogens with zero attached hydrogens (tertiary/aromatic N) is 2. The molecule has 6 nitrogen and oxygen atoms in total. The SMILES string of the molecule is C[C@H](C(=O)N1CCOCC1)N(c1cc(Cl)ccc1Cl)S(C)(=O)=O. The van der Waals surface area contributed by atoms with Crippen LogP contribution in [0.25, 0.3) is 0 Å². The maximum absolute atomic E-state index is 12.6. The predicted molar refractivity (Wildman–Crippen MR) is 90.6 cm³/mol. The average Bonchev–Trinajstić information content (AvgIpc) is 2.49. The number of ether oxygens (including phenoxy) is 1. The van der Waals surface area contributed by atoms with E-state index >= 15 is 0 Å². The number of carbonyl (C=O) groups excluding carboxylic acids is 1. The van der Waals surface area contributed by atoms with E-state index in [0.29, 0.717) is 31.3 Å². The average molecular weight is 381 g/mol. The Morgan fingerprint density at radius 3 is 2.48 bits per heavy atom. The Kier molecular flexibility index (Phi) is 5.78. The molecule has 0 unspecified atom stereocenters. The Hall–Kier alpha value is -1.02. The fourth-order valence-corrected chi connectivity index (χ4v) is 4.08. The first-order valence-electron chi connectivity index (χ1n) is 7.03. The number of benzene rings is 1. The van der Waals surface area contributed by atoms with Crippen molar-refractivity contribution in [1.29, 1.82) is 0 Å². The summed E-state index contributed by atoms with van der Waals surface area (Å²) in [5.74, 6) is -0.297. The maximum Gasteiger partial charge on any atom is 0.246 e. The Morgan fingerprint density at radius 1 is 1.30 bits per heavy atom. The van der Waals surface area contributed by atoms with E-state index < -0.39 is 16.1 Å². The first-order valence-corrected chi connectivity index (χ1v) is 9.63. The van der Waals surface area contributed by atoms with E-state index in [1.807, 2.05) is 0 Å². The molecule has 1 aliphatic rings. The van der Waals surface area contributed by atoms with Crippen LogP contribution in [0.3, 0.4) is 0 Å². The number of amides is 1. The highest BCUT2D eigenvalue weighted by Gasteiger charge is 2.33. The number of sulfonamides is 1. The molecule has 1 heterocycles. The lowest BCUT2D eigenvalue weighted by atomic mass is 10.2. The van der Waals surface area contributed by atoms with E-state index in [2.05, 4.69) is 0 Å². The Labute approximate surface area is 146 Å². The van der Waals surface area contributed by atoms with E-state index in [9.17, 15) is 13.2 Å². The van der Waals surface area contributed by atoms with Crippen molar-refractivity contribution in [2.45, 2.75) is 13.0 Å². The van der Waals surface area contributed by atoms with E-state index in [4.69, 9.17) is 27.9 Å². The third kappa shape index (κ3) is 4.29. The summed E-state index contributed by atoms with van der Waals surface area (Å²) in [6, 6.07) is 3.57. The van der Waals surface area contributed by atoms with E-state index in [0.717, 1.165) is 10.6 Å². The van der Waals surface area contributed by atoms with Gasteiger partial charge in [-0.25, -0.2) is 8.42 Å². The number of halogens is 2. The lowest BCUT2D eigenvalue weighted by Crippen LogP contribution is -2.52. The van der Waals surface area contributed by atoms with Gasteiger partial charge in [-0.1, -0.05) is 23.2 Å². The van der Waals surface area contributed by atoms with Crippen LogP contribution in [0.2, 0.25) is 10.0 Å². The van der Waals surface area contributed by atoms with Gasteiger partial charge in [-0.2, -0.15) is 0 Å². The minimum absolute atomic E-state index is 0.191. The van der Waals surface area contributed by atoms with Crippen molar-refractivity contribution in [3.05, 3.63) is 28.2 Å². The van der Waals surface area contributed by atoms with E-state index in [-0.39, 0.29) is 16.6 Å². The summed E-state index contributed by atoms with van der Waals surface area (Å²) < 4.78 is 30.7. The van der Waals surface area contributed by atoms with Gasteiger partial charge in [0, 0.05) is 18.1 Å². The van der Waals surface area contributed by atoms with Crippen molar-refractivity contribution in [1.82, 2.24) is 4.90 Å². The zero-order chi connectivity index (χ0) is 17.2. The van der Waals surface area contributed by atoms with Gasteiger partial charge in [0.2, 0.25) is 15.9 Å². The van der Waals surface area contributed by atoms with Crippen molar-refractivity contribution in [2.75, 3.05) is 36.9 Å². The number of hydrogen-bond acceptors (Lipinski definition) is 4. The molecule has 128 valence electrons. The van der Waals surface area contributed by atoms with Crippen LogP contribution in [0.1, 0.15) is 6.92 Å². The molecule has 0 aliphatic carbocycles. The number of rotatable bonds is 4. The van der Waals surface area contributed by atoms with Crippen LogP contribution in [-0.4, -0.2) is 57.8 Å². The summed E-state index contributed by atoms with van der Waals surface area (Å²) in [5, 5.41) is 0.547. The second-order valence-electron chi connectivity index (χ2n) is 5.27. The van der Waals surface area contributed by atoms with E-state index in [1.54, 1.807) is 11.0 Å². The predicted octanol–water partition coefficient (Wildman–Crippen LogP) is 2.01. The summed E-state index contributed by atoms with van der Waals surface area (Å²) >= 11 is 12.1. The number of hydrogen-bond donors (Lipinski definition) is 0. The largest absolute Gasteiger partial charge is 0.378 e. The van der Waals surface area contributed by atoms with Gasteiger partial charge in [0.05, 0.1) is 30.2 Å². The minimum Gasteiger partial charge on any atom is -0.378 e. The van der Waals surface area contributed by atoms with Gasteiger partial charge in [-0.15, -0.1) is 0 Å². The normalized spacial score (nSPS) is 17.0. The minimum atomic E-state index is -3.73. The lowest BCUT2D eigenvalue weighted by Gasteiger charge is -2.34. The van der Waals surface area contributed by atoms with Crippen molar-refractivity contribution in [2.24, 2.45) is 0 Å². The zero-order valence-corrected chi connectivity index (χ0v) is 15.2. The summed E-state index contributed by atoms with van der Waals surface area (Å²) in [4.78, 5) is 14.2. The quantitative estimate of drug-likeness (QED) is 0.800. The molecule has 1 saturated heterocycles. The molecule has 0 radical (unpaired) electrons. The van der Waals surface area contributed by atoms with Crippen LogP contribution >= 0.6 is 23.2 Å². The number of carbonyl (C=O) groups is 1. The second kappa shape index (κ2) is 7.25. The topological polar surface area (TPSA) is 66.9 Å². The molecule has 1 atom stereocenters. The first kappa shape index (κ1) is 18.3. The molecule has 9 heteroatoms. The molecule has 0 saturated carbocycles. The maximum atomic E-state index is 12.6. The molecular weight excluding hydrogens is 363 g/mol. The van der Waals surface area contributed by atoms with Crippen molar-refractivity contribution in [3.8, 4) is 0 Å². The Balaban J connectivity index is 2.39. The first-order chi connectivity index (χ1) is 10.7. The summed E-state index contributed by atoms with van der Waals surface area (Å²) in [5.41, 5.74) is 0.191. The molecule has 1 aromatic carbocycles. The van der Waals surface area contributed by atoms with Crippen LogP contribution in [0.15, 0.2) is 18.2 Å². The van der Waals surface area contributed by atoms with Gasteiger partial charge in [-0.05, 0) is 25.1 Å². The van der Waals surface area contributed by atoms with E-state index in [1.165, 1.54) is 19.1 Å². The molecule has 0 bridgehead atoms. The summed E-state index contributed by atoms with van der Waals surface area (Å²) in [6.07, 6.45) is 1.04. The van der Waals surface area contributed by atoms with Crippen LogP contribution in [0.5, 0.6) is 0 Å². The van der Waals surface area contributed by atoms with Gasteiger partial charge in [0.15, 0.2) is 0 Å². The molecule has 1 aliphatic heterocycles. The van der Waals surface area contributed by atoms with Gasteiger partial charge in [0.25, 0.3) is 0 Å². The summed E-state index contributed by atoms with van der Waals surface area (Å²) in [7, 11) is -3.73. The van der Waals surface area contributed by atoms with Gasteiger partial charge in [0.1, 0.15) is 6.04 Å². The molecular formula is C14H18Cl2N2O4S. The van der Waals surface area contributed by atoms with Crippen molar-refractivity contribution >= 4 is 44.8 Å². The van der Waals surface area contributed by atoms with Gasteiger partial charge >= 0.3 is 0 Å². The molecule has 1 fully saturated rings. The molecule has 2 rings (SSSR count). The molecule has 23 heavy (non-hydrogen) atoms. The fourth-order valence-electron chi connectivity index (χ4n) is 2.48. The highest BCUT2D eigenvalue weighted by atomic mass is 35.5. The highest BCUT2D eigenvalue weighted by molar-refractivity contribution is 7.92. The van der Waals surface area contributed by atoms with Gasteiger partial charge in [-0.3, -0.25) is 9.10 Å². The monoisotopic (exact) mass is 380 g/mol. The van der Waals surface area contributed by atoms with Crippen molar-refractivity contribution in [3.63, 3.8) is 0 Å². The summed E-state index contributed by atoms with van der Waals surface area (Å²) in [6.45, 7) is 3.29. The van der Waals surface area contributed by atoms with Gasteiger partial charge < -0.3 is 9.64 Å². The fraction of sp³-hybridized carbons (Fsp3) is 0.500. The number of anilines is 1. The Bertz CT molecular complexity index is 690. The van der Waals surface area contributed by atoms with Crippen LogP contribution in [0.4, 0.5) is 5.69 Å². The zero-order valence-electron chi connectivity index (χ0n) is 12.8. The molecule has 1 amide bonds. The third-order valence-corrected chi connectivity index (χ3v) is 5.32. The molecule has 1 aromatic rings. The third-order valence-electron chi connectivity index (χ3n) is 3.53. The second-order valence-corrected chi connectivity index (χ2v) is 7.97. The molecule has 0 spiro atoms. The molecule has 0 aromatic heterocycles. The smallest absolute Gasteiger partial charge is 0.246 e.